The molecular weight excluding hydrogens is 417 g/mol. The lowest BCUT2D eigenvalue weighted by Crippen LogP contribution is -2.39. The van der Waals surface area contributed by atoms with E-state index in [0.29, 0.717) is 29.6 Å². The molecule has 0 atom stereocenters. The van der Waals surface area contributed by atoms with Crippen molar-refractivity contribution < 1.29 is 9.18 Å². The van der Waals surface area contributed by atoms with Gasteiger partial charge in [-0.1, -0.05) is 53.2 Å². The minimum absolute atomic E-state index is 0.251. The number of hydrogen-bond acceptors (Lipinski definition) is 4. The number of nitrogens with one attached hydrogen (secondary N) is 1. The summed E-state index contributed by atoms with van der Waals surface area (Å²) < 4.78 is 14.7. The zero-order valence-electron chi connectivity index (χ0n) is 17.2. The number of rotatable bonds is 7. The largest absolute Gasteiger partial charge is 0.349 e. The van der Waals surface area contributed by atoms with Crippen molar-refractivity contribution in [2.75, 3.05) is 26.2 Å². The molecule has 8 heteroatoms. The molecule has 0 bridgehead atoms. The third-order valence-electron chi connectivity index (χ3n) is 5.69. The van der Waals surface area contributed by atoms with Gasteiger partial charge in [0, 0.05) is 18.1 Å². The molecule has 1 fully saturated rings. The van der Waals surface area contributed by atoms with E-state index in [0.717, 1.165) is 32.5 Å². The standard InChI is InChI=1S/C23H25ClFN5O/c24-21-14-20(25)7-6-19(21)15-30-16-22(27-28-30)23(31)26-10-13-29-11-8-18(9-12-29)17-4-2-1-3-5-17/h1-7,14,16,18H,8-13,15H2,(H,26,31). The highest BCUT2D eigenvalue weighted by molar-refractivity contribution is 6.31. The number of aromatic nitrogens is 3. The number of carbonyl (C=O) groups excluding carboxylic acids is 1. The van der Waals surface area contributed by atoms with Crippen LogP contribution in [0.15, 0.2) is 54.7 Å². The molecule has 1 N–H and O–H groups in total. The van der Waals surface area contributed by atoms with Crippen LogP contribution in [-0.2, 0) is 6.54 Å². The van der Waals surface area contributed by atoms with Gasteiger partial charge >= 0.3 is 0 Å². The number of amides is 1. The van der Waals surface area contributed by atoms with Gasteiger partial charge in [-0.3, -0.25) is 4.79 Å². The summed E-state index contributed by atoms with van der Waals surface area (Å²) in [4.78, 5) is 14.8. The van der Waals surface area contributed by atoms with Gasteiger partial charge in [-0.2, -0.15) is 0 Å². The molecule has 0 radical (unpaired) electrons. The van der Waals surface area contributed by atoms with E-state index in [-0.39, 0.29) is 11.6 Å². The monoisotopic (exact) mass is 441 g/mol. The van der Waals surface area contributed by atoms with Gasteiger partial charge in [0.2, 0.25) is 0 Å². The van der Waals surface area contributed by atoms with E-state index in [1.807, 2.05) is 0 Å². The van der Waals surface area contributed by atoms with Crippen LogP contribution in [0.25, 0.3) is 0 Å². The highest BCUT2D eigenvalue weighted by Crippen LogP contribution is 2.27. The maximum atomic E-state index is 13.2. The van der Waals surface area contributed by atoms with Gasteiger partial charge in [-0.05, 0) is 55.1 Å². The van der Waals surface area contributed by atoms with Crippen molar-refractivity contribution in [3.05, 3.63) is 82.4 Å². The Hall–Kier alpha value is -2.77. The van der Waals surface area contributed by atoms with Crippen LogP contribution in [0, 0.1) is 5.82 Å². The molecule has 1 aromatic heterocycles. The minimum atomic E-state index is -0.392. The first-order chi connectivity index (χ1) is 15.1. The lowest BCUT2D eigenvalue weighted by molar-refractivity contribution is 0.0940. The molecule has 0 spiro atoms. The van der Waals surface area contributed by atoms with Gasteiger partial charge in [0.1, 0.15) is 5.82 Å². The first-order valence-electron chi connectivity index (χ1n) is 10.5. The van der Waals surface area contributed by atoms with Crippen LogP contribution < -0.4 is 5.32 Å². The predicted molar refractivity (Wildman–Crippen MR) is 118 cm³/mol. The second-order valence-corrected chi connectivity index (χ2v) is 8.23. The van der Waals surface area contributed by atoms with Crippen LogP contribution in [-0.4, -0.2) is 52.0 Å². The van der Waals surface area contributed by atoms with Crippen molar-refractivity contribution in [2.45, 2.75) is 25.3 Å². The molecule has 4 rings (SSSR count). The highest BCUT2D eigenvalue weighted by Gasteiger charge is 2.20. The fourth-order valence-electron chi connectivity index (χ4n) is 3.94. The summed E-state index contributed by atoms with van der Waals surface area (Å²) in [6, 6.07) is 14.9. The van der Waals surface area contributed by atoms with E-state index in [1.165, 1.54) is 22.4 Å². The topological polar surface area (TPSA) is 63.1 Å². The Labute approximate surface area is 186 Å². The molecule has 2 aromatic carbocycles. The van der Waals surface area contributed by atoms with E-state index in [1.54, 1.807) is 12.3 Å². The van der Waals surface area contributed by atoms with Crippen LogP contribution in [0.1, 0.15) is 40.4 Å². The van der Waals surface area contributed by atoms with Gasteiger partial charge in [0.05, 0.1) is 12.7 Å². The maximum Gasteiger partial charge on any atom is 0.273 e. The Morgan fingerprint density at radius 2 is 1.94 bits per heavy atom. The molecular formula is C23H25ClFN5O. The molecule has 2 heterocycles. The summed E-state index contributed by atoms with van der Waals surface area (Å²) in [6.07, 6.45) is 3.84. The second kappa shape index (κ2) is 10.0. The lowest BCUT2D eigenvalue weighted by Gasteiger charge is -2.32. The fourth-order valence-corrected chi connectivity index (χ4v) is 4.16. The average molecular weight is 442 g/mol. The van der Waals surface area contributed by atoms with E-state index >= 15 is 0 Å². The maximum absolute atomic E-state index is 13.2. The number of carbonyl (C=O) groups is 1. The molecule has 1 aliphatic heterocycles. The Morgan fingerprint density at radius 1 is 1.16 bits per heavy atom. The Balaban J connectivity index is 1.21. The molecule has 0 aliphatic carbocycles. The van der Waals surface area contributed by atoms with E-state index in [9.17, 15) is 9.18 Å². The smallest absolute Gasteiger partial charge is 0.273 e. The van der Waals surface area contributed by atoms with Crippen LogP contribution in [0.3, 0.4) is 0 Å². The molecule has 31 heavy (non-hydrogen) atoms. The normalized spacial score (nSPS) is 15.2. The zero-order valence-corrected chi connectivity index (χ0v) is 17.9. The summed E-state index contributed by atoms with van der Waals surface area (Å²) in [5.74, 6) is -0.0241. The van der Waals surface area contributed by atoms with E-state index < -0.39 is 5.82 Å². The van der Waals surface area contributed by atoms with Gasteiger partial charge in [-0.15, -0.1) is 5.10 Å². The molecule has 0 saturated carbocycles. The Bertz CT molecular complexity index is 1020. The van der Waals surface area contributed by atoms with Crippen LogP contribution in [0.4, 0.5) is 4.39 Å². The molecule has 1 saturated heterocycles. The molecule has 0 unspecified atom stereocenters. The van der Waals surface area contributed by atoms with Crippen molar-refractivity contribution in [2.24, 2.45) is 0 Å². The van der Waals surface area contributed by atoms with E-state index in [4.69, 9.17) is 11.6 Å². The molecule has 162 valence electrons. The molecule has 1 aliphatic rings. The average Bonchev–Trinajstić information content (AvgIpc) is 3.25. The summed E-state index contributed by atoms with van der Waals surface area (Å²) in [5, 5.41) is 11.1. The van der Waals surface area contributed by atoms with E-state index in [2.05, 4.69) is 50.9 Å². The number of piperidine rings is 1. The van der Waals surface area contributed by atoms with Gasteiger partial charge < -0.3 is 10.2 Å². The summed E-state index contributed by atoms with van der Waals surface area (Å²) >= 11 is 6.05. The number of nitrogens with zero attached hydrogens (tertiary/aromatic N) is 4. The number of hydrogen-bond donors (Lipinski definition) is 1. The van der Waals surface area contributed by atoms with Crippen molar-refractivity contribution in [3.8, 4) is 0 Å². The van der Waals surface area contributed by atoms with Gasteiger partial charge in [0.15, 0.2) is 5.69 Å². The number of halogens is 2. The second-order valence-electron chi connectivity index (χ2n) is 7.82. The SMILES string of the molecule is O=C(NCCN1CCC(c2ccccc2)CC1)c1cn(Cc2ccc(F)cc2Cl)nn1. The van der Waals surface area contributed by atoms with Crippen LogP contribution >= 0.6 is 11.6 Å². The molecule has 3 aromatic rings. The zero-order chi connectivity index (χ0) is 21.6. The summed E-state index contributed by atoms with van der Waals surface area (Å²) in [6.45, 7) is 3.75. The quantitative estimate of drug-likeness (QED) is 0.606. The van der Waals surface area contributed by atoms with Crippen LogP contribution in [0.2, 0.25) is 5.02 Å². The molecule has 6 nitrogen and oxygen atoms in total. The third kappa shape index (κ3) is 5.68. The van der Waals surface area contributed by atoms with Gasteiger partial charge in [0.25, 0.3) is 5.91 Å². The number of likely N-dealkylation sites (tertiary alicyclic amines) is 1. The Kier molecular flexibility index (Phi) is 6.94. The third-order valence-corrected chi connectivity index (χ3v) is 6.04. The summed E-state index contributed by atoms with van der Waals surface area (Å²) in [5.41, 5.74) is 2.38. The predicted octanol–water partition coefficient (Wildman–Crippen LogP) is 3.73. The number of benzene rings is 2. The lowest BCUT2D eigenvalue weighted by atomic mass is 9.89. The first kappa shape index (κ1) is 21.5. The van der Waals surface area contributed by atoms with Crippen molar-refractivity contribution in [1.29, 1.82) is 0 Å². The molecule has 1 amide bonds. The first-order valence-corrected chi connectivity index (χ1v) is 10.9. The van der Waals surface area contributed by atoms with Crippen molar-refractivity contribution >= 4 is 17.5 Å². The summed E-state index contributed by atoms with van der Waals surface area (Å²) in [7, 11) is 0. The van der Waals surface area contributed by atoms with Crippen molar-refractivity contribution in [1.82, 2.24) is 25.2 Å². The van der Waals surface area contributed by atoms with Gasteiger partial charge in [-0.25, -0.2) is 9.07 Å². The fraction of sp³-hybridized carbons (Fsp3) is 0.348. The highest BCUT2D eigenvalue weighted by atomic mass is 35.5. The van der Waals surface area contributed by atoms with Crippen molar-refractivity contribution in [3.63, 3.8) is 0 Å². The minimum Gasteiger partial charge on any atom is -0.349 e. The Morgan fingerprint density at radius 3 is 2.68 bits per heavy atom. The van der Waals surface area contributed by atoms with Crippen LogP contribution in [0.5, 0.6) is 0 Å².